The number of hydrogen-bond acceptors (Lipinski definition) is 5. The van der Waals surface area contributed by atoms with E-state index in [0.29, 0.717) is 0 Å². The highest BCUT2D eigenvalue weighted by atomic mass is 32.1. The molecule has 0 fully saturated rings. The number of rotatable bonds is 2. The van der Waals surface area contributed by atoms with E-state index in [9.17, 15) is 0 Å². The summed E-state index contributed by atoms with van der Waals surface area (Å²) in [4.78, 5) is 0. The van der Waals surface area contributed by atoms with Crippen molar-refractivity contribution in [3.05, 3.63) is 0 Å². The fourth-order valence-corrected chi connectivity index (χ4v) is 0.173. The average Bonchev–Trinajstić information content (AvgIpc) is 1.65. The molecule has 6 heteroatoms. The summed E-state index contributed by atoms with van der Waals surface area (Å²) in [7, 11) is -1.34. The molecule has 0 aromatic carbocycles. The summed E-state index contributed by atoms with van der Waals surface area (Å²) in [5.74, 6) is 0. The minimum absolute atomic E-state index is 1.34. The molecule has 0 saturated heterocycles. The Morgan fingerprint density at radius 2 is 1.67 bits per heavy atom. The van der Waals surface area contributed by atoms with Crippen molar-refractivity contribution in [3.8, 4) is 0 Å². The molecule has 0 unspecified atom stereocenters. The van der Waals surface area contributed by atoms with E-state index in [1.807, 2.05) is 0 Å². The van der Waals surface area contributed by atoms with Crippen molar-refractivity contribution in [3.63, 3.8) is 0 Å². The molecule has 0 atom stereocenters. The van der Waals surface area contributed by atoms with Crippen molar-refractivity contribution in [1.29, 1.82) is 0 Å². The van der Waals surface area contributed by atoms with E-state index in [0.717, 1.165) is 0 Å². The fraction of sp³-hybridized carbons (Fsp3) is 0. The van der Waals surface area contributed by atoms with E-state index in [1.165, 1.54) is 0 Å². The molecule has 0 bridgehead atoms. The lowest BCUT2D eigenvalue weighted by molar-refractivity contribution is 0.346. The van der Waals surface area contributed by atoms with Gasteiger partial charge in [-0.15, -0.1) is 0 Å². The molecule has 0 heterocycles. The van der Waals surface area contributed by atoms with Crippen molar-refractivity contribution in [1.82, 2.24) is 0 Å². The summed E-state index contributed by atoms with van der Waals surface area (Å²) in [5.41, 5.74) is 0. The third kappa shape index (κ3) is 2.86. The molecule has 0 amide bonds. The van der Waals surface area contributed by atoms with Gasteiger partial charge in [-0.2, -0.15) is 0 Å². The summed E-state index contributed by atoms with van der Waals surface area (Å²) in [5, 5.41) is 8.07. The van der Waals surface area contributed by atoms with Gasteiger partial charge in [-0.1, -0.05) is 0 Å². The maximum absolute atomic E-state index is 8.07. The van der Waals surface area contributed by atoms with E-state index in [-0.39, 0.29) is 0 Å². The van der Waals surface area contributed by atoms with Crippen LogP contribution in [-0.4, -0.2) is 12.3 Å². The van der Waals surface area contributed by atoms with E-state index in [2.05, 4.69) is 34.0 Å². The van der Waals surface area contributed by atoms with Gasteiger partial charge in [0, 0.05) is 0 Å². The Morgan fingerprint density at radius 1 is 1.33 bits per heavy atom. The molecule has 0 spiro atoms. The Hall–Kier alpha value is 0.645. The first-order chi connectivity index (χ1) is 2.81. The zero-order valence-electron chi connectivity index (χ0n) is 2.74. The highest BCUT2D eigenvalue weighted by Gasteiger charge is 2.09. The van der Waals surface area contributed by atoms with Gasteiger partial charge in [-0.3, -0.25) is 0 Å². The zero-order valence-corrected chi connectivity index (χ0v) is 4.52. The predicted molar refractivity (Wildman–Crippen MR) is 28.1 cm³/mol. The lowest BCUT2D eigenvalue weighted by atomic mass is 10.3. The molecule has 0 aromatic rings. The summed E-state index contributed by atoms with van der Waals surface area (Å²) in [6.07, 6.45) is 0. The standard InChI is InChI=1S/BH3O3S2/c2-1(3-5)4-6/h2,5-6H. The second-order valence-corrected chi connectivity index (χ2v) is 0.939. The van der Waals surface area contributed by atoms with Gasteiger partial charge in [0.05, 0.1) is 0 Å². The second-order valence-electron chi connectivity index (χ2n) is 0.518. The third-order valence-electron chi connectivity index (χ3n) is 0.180. The van der Waals surface area contributed by atoms with Gasteiger partial charge in [-0.25, -0.2) is 0 Å². The van der Waals surface area contributed by atoms with Gasteiger partial charge in [-0.05, 0) is 25.8 Å². The van der Waals surface area contributed by atoms with Crippen LogP contribution in [0, 0.1) is 0 Å². The van der Waals surface area contributed by atoms with Crippen molar-refractivity contribution in [2.24, 2.45) is 0 Å². The number of thiol groups is 2. The second kappa shape index (κ2) is 3.82. The van der Waals surface area contributed by atoms with E-state index in [1.54, 1.807) is 0 Å². The van der Waals surface area contributed by atoms with Crippen molar-refractivity contribution >= 4 is 33.1 Å². The van der Waals surface area contributed by atoms with Crippen LogP contribution in [0.4, 0.5) is 0 Å². The summed E-state index contributed by atoms with van der Waals surface area (Å²) in [6.45, 7) is 0. The maximum Gasteiger partial charge on any atom is 0.659 e. The summed E-state index contributed by atoms with van der Waals surface area (Å²) < 4.78 is 7.70. The molecule has 3 nitrogen and oxygen atoms in total. The molecule has 0 rings (SSSR count). The van der Waals surface area contributed by atoms with E-state index >= 15 is 0 Å². The Morgan fingerprint density at radius 3 is 1.67 bits per heavy atom. The van der Waals surface area contributed by atoms with Gasteiger partial charge in [0.2, 0.25) is 0 Å². The SMILES string of the molecule is OB(OS)OS. The third-order valence-corrected chi connectivity index (χ3v) is 0.541. The van der Waals surface area contributed by atoms with Crippen LogP contribution in [0.3, 0.4) is 0 Å². The topological polar surface area (TPSA) is 38.7 Å². The summed E-state index contributed by atoms with van der Waals surface area (Å²) >= 11 is 6.34. The largest absolute Gasteiger partial charge is 0.659 e. The first-order valence-electron chi connectivity index (χ1n) is 1.09. The fourth-order valence-electron chi connectivity index (χ4n) is 0.0192. The lowest BCUT2D eigenvalue weighted by Crippen LogP contribution is -2.11. The minimum atomic E-state index is -1.34. The van der Waals surface area contributed by atoms with Crippen molar-refractivity contribution in [2.75, 3.05) is 0 Å². The van der Waals surface area contributed by atoms with Crippen LogP contribution in [-0.2, 0) is 8.20 Å². The van der Waals surface area contributed by atoms with Crippen LogP contribution in [0.25, 0.3) is 0 Å². The molecule has 0 aliphatic rings. The first kappa shape index (κ1) is 6.64. The van der Waals surface area contributed by atoms with Gasteiger partial charge in [0.1, 0.15) is 0 Å². The highest BCUT2D eigenvalue weighted by molar-refractivity contribution is 7.77. The van der Waals surface area contributed by atoms with Gasteiger partial charge < -0.3 is 13.2 Å². The van der Waals surface area contributed by atoms with Crippen LogP contribution in [0.15, 0.2) is 0 Å². The van der Waals surface area contributed by atoms with E-state index < -0.39 is 7.32 Å². The van der Waals surface area contributed by atoms with Crippen LogP contribution < -0.4 is 0 Å². The molecule has 1 N–H and O–H groups in total. The van der Waals surface area contributed by atoms with Crippen LogP contribution in [0.1, 0.15) is 0 Å². The smallest absolute Gasteiger partial charge is 0.400 e. The highest BCUT2D eigenvalue weighted by Crippen LogP contribution is 1.87. The molecule has 6 heavy (non-hydrogen) atoms. The van der Waals surface area contributed by atoms with Crippen LogP contribution in [0.2, 0.25) is 0 Å². The Balaban J connectivity index is 2.75. The number of hydrogen-bond donors (Lipinski definition) is 3. The Bertz CT molecular complexity index is 28.0. The van der Waals surface area contributed by atoms with E-state index in [4.69, 9.17) is 5.02 Å². The Labute approximate surface area is 47.1 Å². The maximum atomic E-state index is 8.07. The monoisotopic (exact) mass is 126 g/mol. The normalized spacial score (nSPS) is 8.50. The lowest BCUT2D eigenvalue weighted by Gasteiger charge is -1.91. The minimum Gasteiger partial charge on any atom is -0.400 e. The van der Waals surface area contributed by atoms with Crippen molar-refractivity contribution in [2.45, 2.75) is 0 Å². The zero-order chi connectivity index (χ0) is 4.99. The Kier molecular flexibility index (Phi) is 4.23. The molecule has 0 saturated carbocycles. The van der Waals surface area contributed by atoms with Gasteiger partial charge in [0.25, 0.3) is 0 Å². The molecular formula is H3BO3S2. The molecule has 36 valence electrons. The quantitative estimate of drug-likeness (QED) is 0.270. The van der Waals surface area contributed by atoms with Gasteiger partial charge >= 0.3 is 7.32 Å². The average molecular weight is 126 g/mol. The van der Waals surface area contributed by atoms with Crippen molar-refractivity contribution < 1.29 is 13.2 Å². The molecule has 0 aliphatic heterocycles. The molecular weight excluding hydrogens is 123 g/mol. The molecule has 0 aliphatic carbocycles. The van der Waals surface area contributed by atoms with Gasteiger partial charge in [0.15, 0.2) is 0 Å². The van der Waals surface area contributed by atoms with Crippen LogP contribution >= 0.6 is 25.8 Å². The first-order valence-corrected chi connectivity index (χ1v) is 1.83. The molecule has 0 radical (unpaired) electrons. The predicted octanol–water partition coefficient (Wildman–Crippen LogP) is -0.314. The van der Waals surface area contributed by atoms with Crippen LogP contribution in [0.5, 0.6) is 0 Å². The summed E-state index contributed by atoms with van der Waals surface area (Å²) in [6, 6.07) is 0. The molecule has 0 aromatic heterocycles.